The van der Waals surface area contributed by atoms with E-state index >= 15 is 0 Å². The first-order valence-corrected chi connectivity index (χ1v) is 10.4. The number of methoxy groups -OCH3 is 1. The second kappa shape index (κ2) is 10.2. The Balaban J connectivity index is 1.54. The molecule has 30 heavy (non-hydrogen) atoms. The number of halogens is 1. The number of carbonyl (C=O) groups excluding carboxylic acids is 2. The molecule has 0 bridgehead atoms. The first-order valence-electron chi connectivity index (χ1n) is 8.88. The molecule has 0 radical (unpaired) electrons. The Kier molecular flexibility index (Phi) is 7.36. The molecule has 0 saturated carbocycles. The third kappa shape index (κ3) is 5.55. The summed E-state index contributed by atoms with van der Waals surface area (Å²) < 4.78 is 5.97. The van der Waals surface area contributed by atoms with Crippen LogP contribution in [0.4, 0.5) is 0 Å². The summed E-state index contributed by atoms with van der Waals surface area (Å²) in [5, 5.41) is 4.62. The van der Waals surface area contributed by atoms with E-state index in [2.05, 4.69) is 38.8 Å². The number of hydrazine groups is 1. The van der Waals surface area contributed by atoms with E-state index in [1.54, 1.807) is 31.4 Å². The third-order valence-corrected chi connectivity index (χ3v) is 5.23. The number of hydrogen-bond acceptors (Lipinski definition) is 4. The zero-order chi connectivity index (χ0) is 21.5. The fourth-order valence-electron chi connectivity index (χ4n) is 2.74. The van der Waals surface area contributed by atoms with Gasteiger partial charge in [0.25, 0.3) is 5.91 Å². The summed E-state index contributed by atoms with van der Waals surface area (Å²) in [6, 6.07) is 18.8. The van der Waals surface area contributed by atoms with E-state index < -0.39 is 11.8 Å². The molecular weight excluding hydrogens is 513 g/mol. The van der Waals surface area contributed by atoms with E-state index in [1.165, 1.54) is 6.08 Å². The Bertz CT molecular complexity index is 1140. The molecule has 8 heteroatoms. The van der Waals surface area contributed by atoms with Crippen molar-refractivity contribution in [3.8, 4) is 5.75 Å². The maximum Gasteiger partial charge on any atom is 0.269 e. The lowest BCUT2D eigenvalue weighted by atomic mass is 10.0. The summed E-state index contributed by atoms with van der Waals surface area (Å²) in [6.07, 6.45) is 3.11. The van der Waals surface area contributed by atoms with E-state index in [9.17, 15) is 9.59 Å². The molecule has 0 aromatic heterocycles. The zero-order valence-electron chi connectivity index (χ0n) is 15.9. The smallest absolute Gasteiger partial charge is 0.269 e. The van der Waals surface area contributed by atoms with Crippen molar-refractivity contribution in [2.24, 2.45) is 0 Å². The van der Waals surface area contributed by atoms with Gasteiger partial charge in [-0.05, 0) is 75.4 Å². The van der Waals surface area contributed by atoms with Gasteiger partial charge in [-0.25, -0.2) is 0 Å². The van der Waals surface area contributed by atoms with Crippen LogP contribution in [0.1, 0.15) is 15.9 Å². The van der Waals surface area contributed by atoms with Gasteiger partial charge in [0.2, 0.25) is 5.91 Å². The van der Waals surface area contributed by atoms with Crippen LogP contribution < -0.4 is 20.9 Å². The monoisotopic (exact) mass is 531 g/mol. The van der Waals surface area contributed by atoms with Crippen LogP contribution in [0.2, 0.25) is 0 Å². The van der Waals surface area contributed by atoms with Gasteiger partial charge < -0.3 is 4.74 Å². The highest BCUT2D eigenvalue weighted by Gasteiger charge is 2.09. The molecule has 0 spiro atoms. The lowest BCUT2D eigenvalue weighted by molar-refractivity contribution is -0.115. The van der Waals surface area contributed by atoms with Crippen LogP contribution in [-0.4, -0.2) is 24.0 Å². The van der Waals surface area contributed by atoms with Gasteiger partial charge in [-0.3, -0.25) is 25.8 Å². The van der Waals surface area contributed by atoms with Crippen LogP contribution in [0.25, 0.3) is 16.8 Å². The number of fused-ring (bicyclic) bond motifs is 1. The molecule has 6 nitrogen and oxygen atoms in total. The van der Waals surface area contributed by atoms with Crippen molar-refractivity contribution in [1.82, 2.24) is 16.2 Å². The molecule has 3 rings (SSSR count). The minimum Gasteiger partial charge on any atom is -0.496 e. The molecule has 0 saturated heterocycles. The van der Waals surface area contributed by atoms with Crippen molar-refractivity contribution in [2.75, 3.05) is 7.11 Å². The number of benzene rings is 3. The van der Waals surface area contributed by atoms with Gasteiger partial charge in [-0.2, -0.15) is 0 Å². The van der Waals surface area contributed by atoms with Crippen molar-refractivity contribution in [3.05, 3.63) is 81.4 Å². The minimum atomic E-state index is -0.409. The van der Waals surface area contributed by atoms with Crippen molar-refractivity contribution in [3.63, 3.8) is 0 Å². The summed E-state index contributed by atoms with van der Waals surface area (Å²) in [5.41, 5.74) is 6.32. The van der Waals surface area contributed by atoms with Gasteiger partial charge in [0.1, 0.15) is 5.75 Å². The highest BCUT2D eigenvalue weighted by Crippen LogP contribution is 2.21. The highest BCUT2D eigenvalue weighted by atomic mass is 127. The van der Waals surface area contributed by atoms with Gasteiger partial charge in [0, 0.05) is 11.6 Å². The van der Waals surface area contributed by atoms with Crippen LogP contribution >= 0.6 is 34.8 Å². The molecule has 152 valence electrons. The molecule has 0 heterocycles. The normalized spacial score (nSPS) is 10.6. The predicted molar refractivity (Wildman–Crippen MR) is 130 cm³/mol. The highest BCUT2D eigenvalue weighted by molar-refractivity contribution is 14.1. The van der Waals surface area contributed by atoms with Crippen LogP contribution in [0.15, 0.2) is 66.7 Å². The fraction of sp³-hybridized carbons (Fsp3) is 0.0455. The second-order valence-corrected chi connectivity index (χ2v) is 7.72. The third-order valence-electron chi connectivity index (χ3n) is 4.18. The maximum absolute atomic E-state index is 12.2. The number of carbonyl (C=O) groups is 2. The van der Waals surface area contributed by atoms with E-state index in [-0.39, 0.29) is 5.11 Å². The standard InChI is InChI=1S/C22H18IN3O3S/c1-29-19-11-9-16(13-18(19)23)21(28)25-26-22(30)24-20(27)12-10-15-7-4-6-14-5-2-3-8-17(14)15/h2-13H,1H3,(H,25,28)(H2,24,26,27,30). The summed E-state index contributed by atoms with van der Waals surface area (Å²) in [6.45, 7) is 0. The van der Waals surface area contributed by atoms with Gasteiger partial charge in [-0.15, -0.1) is 0 Å². The average Bonchev–Trinajstić information content (AvgIpc) is 2.76. The van der Waals surface area contributed by atoms with Crippen molar-refractivity contribution in [2.45, 2.75) is 0 Å². The van der Waals surface area contributed by atoms with E-state index in [4.69, 9.17) is 17.0 Å². The summed E-state index contributed by atoms with van der Waals surface area (Å²) in [7, 11) is 1.56. The van der Waals surface area contributed by atoms with Crippen molar-refractivity contribution < 1.29 is 14.3 Å². The largest absolute Gasteiger partial charge is 0.496 e. The van der Waals surface area contributed by atoms with E-state index in [1.807, 2.05) is 42.5 Å². The Hall–Kier alpha value is -2.98. The number of rotatable bonds is 4. The van der Waals surface area contributed by atoms with Crippen LogP contribution in [-0.2, 0) is 4.79 Å². The number of hydrogen-bond donors (Lipinski definition) is 3. The number of amides is 2. The molecule has 3 aromatic carbocycles. The van der Waals surface area contributed by atoms with Crippen LogP contribution in [0, 0.1) is 3.57 Å². The lowest BCUT2D eigenvalue weighted by Gasteiger charge is -2.10. The Labute approximate surface area is 192 Å². The lowest BCUT2D eigenvalue weighted by Crippen LogP contribution is -2.48. The molecule has 2 amide bonds. The molecule has 0 aliphatic carbocycles. The molecule has 3 aromatic rings. The SMILES string of the molecule is COc1ccc(C(=O)NNC(=S)NC(=O)C=Cc2cccc3ccccc23)cc1I. The Morgan fingerprint density at radius 1 is 1.03 bits per heavy atom. The molecular formula is C22H18IN3O3S. The van der Waals surface area contributed by atoms with Gasteiger partial charge in [-0.1, -0.05) is 42.5 Å². The summed E-state index contributed by atoms with van der Waals surface area (Å²) in [5.74, 6) is -0.118. The van der Waals surface area contributed by atoms with Crippen LogP contribution in [0.3, 0.4) is 0 Å². The number of nitrogens with one attached hydrogen (secondary N) is 3. The first-order chi connectivity index (χ1) is 14.5. The number of thiocarbonyl (C=S) groups is 1. The van der Waals surface area contributed by atoms with Gasteiger partial charge in [0.05, 0.1) is 10.7 Å². The van der Waals surface area contributed by atoms with Crippen molar-refractivity contribution >= 4 is 68.6 Å². The van der Waals surface area contributed by atoms with E-state index in [0.717, 1.165) is 19.9 Å². The predicted octanol–water partition coefficient (Wildman–Crippen LogP) is 3.80. The fourth-order valence-corrected chi connectivity index (χ4v) is 3.63. The Morgan fingerprint density at radius 2 is 1.80 bits per heavy atom. The zero-order valence-corrected chi connectivity index (χ0v) is 18.9. The van der Waals surface area contributed by atoms with Crippen LogP contribution in [0.5, 0.6) is 5.75 Å². The molecule has 0 unspecified atom stereocenters. The summed E-state index contributed by atoms with van der Waals surface area (Å²) in [4.78, 5) is 24.4. The second-order valence-electron chi connectivity index (χ2n) is 6.15. The first kappa shape index (κ1) is 21.7. The van der Waals surface area contributed by atoms with E-state index in [0.29, 0.717) is 11.3 Å². The molecule has 0 aliphatic rings. The molecule has 0 aliphatic heterocycles. The number of ether oxygens (including phenoxy) is 1. The Morgan fingerprint density at radius 3 is 2.57 bits per heavy atom. The quantitative estimate of drug-likeness (QED) is 0.207. The van der Waals surface area contributed by atoms with Gasteiger partial charge >= 0.3 is 0 Å². The van der Waals surface area contributed by atoms with Crippen molar-refractivity contribution in [1.29, 1.82) is 0 Å². The minimum absolute atomic E-state index is 0.0147. The van der Waals surface area contributed by atoms with Gasteiger partial charge in [0.15, 0.2) is 5.11 Å². The molecule has 0 atom stereocenters. The maximum atomic E-state index is 12.2. The molecule has 3 N–H and O–H groups in total. The topological polar surface area (TPSA) is 79.5 Å². The molecule has 0 fully saturated rings. The summed E-state index contributed by atoms with van der Waals surface area (Å²) >= 11 is 7.14. The average molecular weight is 531 g/mol.